The highest BCUT2D eigenvalue weighted by atomic mass is 14.9. The minimum Gasteiger partial charge on any atom is -0.343 e. The molecule has 0 unspecified atom stereocenters. The Morgan fingerprint density at radius 3 is 2.59 bits per heavy atom. The Kier molecular flexibility index (Phi) is 4.58. The second kappa shape index (κ2) is 7.04. The van der Waals surface area contributed by atoms with Gasteiger partial charge in [0.2, 0.25) is 0 Å². The minimum absolute atomic E-state index is 0.666. The fraction of sp³-hybridized carbons (Fsp3) is 0.333. The van der Waals surface area contributed by atoms with Crippen LogP contribution in [-0.4, -0.2) is 4.57 Å². The van der Waals surface area contributed by atoms with Gasteiger partial charge in [-0.2, -0.15) is 5.26 Å². The van der Waals surface area contributed by atoms with E-state index in [2.05, 4.69) is 78.8 Å². The average Bonchev–Trinajstić information content (AvgIpc) is 2.99. The molecule has 0 saturated heterocycles. The van der Waals surface area contributed by atoms with Crippen molar-refractivity contribution in [1.29, 1.82) is 5.26 Å². The van der Waals surface area contributed by atoms with E-state index in [1.165, 1.54) is 43.7 Å². The second-order valence-electron chi connectivity index (χ2n) is 7.53. The lowest BCUT2D eigenvalue weighted by Gasteiger charge is -2.10. The molecular formula is C24H26N3+. The third-order valence-corrected chi connectivity index (χ3v) is 5.87. The van der Waals surface area contributed by atoms with Crippen molar-refractivity contribution < 1.29 is 4.57 Å². The molecule has 0 N–H and O–H groups in total. The van der Waals surface area contributed by atoms with Gasteiger partial charge in [-0.1, -0.05) is 18.2 Å². The van der Waals surface area contributed by atoms with E-state index in [0.717, 1.165) is 25.8 Å². The maximum Gasteiger partial charge on any atom is 0.176 e. The van der Waals surface area contributed by atoms with Crippen molar-refractivity contribution in [3.63, 3.8) is 0 Å². The number of aryl methyl sites for hydroxylation is 4. The Labute approximate surface area is 160 Å². The predicted molar refractivity (Wildman–Crippen MR) is 112 cm³/mol. The van der Waals surface area contributed by atoms with Crippen LogP contribution in [0.15, 0.2) is 42.7 Å². The number of benzene rings is 2. The number of nitriles is 1. The maximum atomic E-state index is 8.66. The molecule has 0 saturated carbocycles. The molecule has 2 heterocycles. The molecule has 0 aliphatic heterocycles. The van der Waals surface area contributed by atoms with Crippen molar-refractivity contribution in [3.05, 3.63) is 53.9 Å². The molecule has 136 valence electrons. The first-order valence-corrected chi connectivity index (χ1v) is 9.79. The van der Waals surface area contributed by atoms with Crippen molar-refractivity contribution in [2.24, 2.45) is 7.05 Å². The van der Waals surface area contributed by atoms with Gasteiger partial charge in [-0.15, -0.1) is 0 Å². The number of aromatic nitrogens is 2. The second-order valence-corrected chi connectivity index (χ2v) is 7.53. The molecule has 3 nitrogen and oxygen atoms in total. The van der Waals surface area contributed by atoms with Crippen LogP contribution in [0.25, 0.3) is 32.6 Å². The van der Waals surface area contributed by atoms with Crippen LogP contribution in [0, 0.1) is 25.2 Å². The van der Waals surface area contributed by atoms with Gasteiger partial charge in [-0.3, -0.25) is 0 Å². The van der Waals surface area contributed by atoms with E-state index in [1.54, 1.807) is 0 Å². The molecule has 0 fully saturated rings. The lowest BCUT2D eigenvalue weighted by molar-refractivity contribution is -0.696. The Hall–Kier alpha value is -2.86. The Bertz CT molecular complexity index is 1190. The first-order valence-electron chi connectivity index (χ1n) is 9.79. The van der Waals surface area contributed by atoms with Crippen molar-refractivity contribution >= 4 is 32.6 Å². The highest BCUT2D eigenvalue weighted by Crippen LogP contribution is 2.37. The molecule has 27 heavy (non-hydrogen) atoms. The number of rotatable bonds is 5. The summed E-state index contributed by atoms with van der Waals surface area (Å²) in [5.74, 6) is 0. The topological polar surface area (TPSA) is 32.6 Å². The third kappa shape index (κ3) is 2.86. The summed E-state index contributed by atoms with van der Waals surface area (Å²) in [6, 6.07) is 13.2. The van der Waals surface area contributed by atoms with Gasteiger partial charge >= 0.3 is 0 Å². The van der Waals surface area contributed by atoms with Crippen LogP contribution in [0.1, 0.15) is 36.8 Å². The molecule has 0 atom stereocenters. The van der Waals surface area contributed by atoms with Crippen LogP contribution in [0.2, 0.25) is 0 Å². The summed E-state index contributed by atoms with van der Waals surface area (Å²) in [6.07, 6.45) is 8.40. The van der Waals surface area contributed by atoms with Gasteiger partial charge in [0.25, 0.3) is 0 Å². The molecule has 0 radical (unpaired) electrons. The number of para-hydroxylation sites is 1. The number of fused-ring (bicyclic) bond motifs is 4. The summed E-state index contributed by atoms with van der Waals surface area (Å²) in [5.41, 5.74) is 5.35. The van der Waals surface area contributed by atoms with Crippen LogP contribution >= 0.6 is 0 Å². The summed E-state index contributed by atoms with van der Waals surface area (Å²) in [4.78, 5) is 0. The van der Waals surface area contributed by atoms with Gasteiger partial charge in [0.1, 0.15) is 6.54 Å². The third-order valence-electron chi connectivity index (χ3n) is 5.87. The SMILES string of the molecule is Cc1c2c[n+](CCCCCC#N)ccc2c(C)c2c1c1ccccc1n2C. The predicted octanol–water partition coefficient (Wildman–Crippen LogP) is 5.47. The van der Waals surface area contributed by atoms with E-state index < -0.39 is 0 Å². The summed E-state index contributed by atoms with van der Waals surface area (Å²) in [7, 11) is 2.17. The number of hydrogen-bond donors (Lipinski definition) is 0. The summed E-state index contributed by atoms with van der Waals surface area (Å²) < 4.78 is 4.64. The molecule has 0 aliphatic rings. The first-order chi connectivity index (χ1) is 13.1. The van der Waals surface area contributed by atoms with E-state index in [1.807, 2.05) is 0 Å². The lowest BCUT2D eigenvalue weighted by atomic mass is 9.97. The van der Waals surface area contributed by atoms with E-state index in [-0.39, 0.29) is 0 Å². The van der Waals surface area contributed by atoms with Crippen LogP contribution in [0.5, 0.6) is 0 Å². The number of hydrogen-bond acceptors (Lipinski definition) is 1. The average molecular weight is 356 g/mol. The molecule has 0 spiro atoms. The van der Waals surface area contributed by atoms with Gasteiger partial charge in [0.05, 0.1) is 11.6 Å². The molecule has 4 rings (SSSR count). The molecule has 0 aliphatic carbocycles. The van der Waals surface area contributed by atoms with Crippen molar-refractivity contribution in [2.45, 2.75) is 46.1 Å². The fourth-order valence-electron chi connectivity index (χ4n) is 4.45. The summed E-state index contributed by atoms with van der Waals surface area (Å²) in [5, 5.41) is 14.1. The van der Waals surface area contributed by atoms with Gasteiger partial charge in [-0.25, -0.2) is 4.57 Å². The Morgan fingerprint density at radius 2 is 1.78 bits per heavy atom. The van der Waals surface area contributed by atoms with E-state index in [4.69, 9.17) is 5.26 Å². The van der Waals surface area contributed by atoms with Gasteiger partial charge in [-0.05, 0) is 49.3 Å². The lowest BCUT2D eigenvalue weighted by Crippen LogP contribution is -2.32. The monoisotopic (exact) mass is 356 g/mol. The maximum absolute atomic E-state index is 8.66. The molecule has 2 aromatic heterocycles. The van der Waals surface area contributed by atoms with Crippen LogP contribution in [0.3, 0.4) is 0 Å². The van der Waals surface area contributed by atoms with Crippen LogP contribution in [-0.2, 0) is 13.6 Å². The zero-order valence-corrected chi connectivity index (χ0v) is 16.4. The van der Waals surface area contributed by atoms with Crippen molar-refractivity contribution in [3.8, 4) is 6.07 Å². The number of nitrogens with zero attached hydrogens (tertiary/aromatic N) is 3. The normalized spacial score (nSPS) is 11.5. The minimum atomic E-state index is 0.666. The standard InChI is InChI=1S/C24H26N3/c1-17-21-16-27(14-9-5-4-8-13-25)15-12-19(21)18(2)24-23(17)20-10-6-7-11-22(20)26(24)3/h6-7,10-12,15-16H,4-5,8-9,14H2,1-3H3/q+1. The van der Waals surface area contributed by atoms with Crippen molar-refractivity contribution in [2.75, 3.05) is 0 Å². The largest absolute Gasteiger partial charge is 0.343 e. The number of unbranched alkanes of at least 4 members (excludes halogenated alkanes) is 3. The zero-order chi connectivity index (χ0) is 19.0. The fourth-order valence-corrected chi connectivity index (χ4v) is 4.45. The van der Waals surface area contributed by atoms with Gasteiger partial charge in [0.15, 0.2) is 12.4 Å². The molecular weight excluding hydrogens is 330 g/mol. The van der Waals surface area contributed by atoms with E-state index >= 15 is 0 Å². The Balaban J connectivity index is 1.84. The first kappa shape index (κ1) is 17.5. The molecule has 4 aromatic rings. The smallest absolute Gasteiger partial charge is 0.176 e. The highest BCUT2D eigenvalue weighted by Gasteiger charge is 2.18. The molecule has 0 amide bonds. The van der Waals surface area contributed by atoms with E-state index in [0.29, 0.717) is 6.42 Å². The van der Waals surface area contributed by atoms with Crippen LogP contribution < -0.4 is 4.57 Å². The van der Waals surface area contributed by atoms with Crippen LogP contribution in [0.4, 0.5) is 0 Å². The molecule has 0 bridgehead atoms. The highest BCUT2D eigenvalue weighted by molar-refractivity contribution is 6.16. The summed E-state index contributed by atoms with van der Waals surface area (Å²) in [6.45, 7) is 5.51. The Morgan fingerprint density at radius 1 is 0.963 bits per heavy atom. The summed E-state index contributed by atoms with van der Waals surface area (Å²) >= 11 is 0. The van der Waals surface area contributed by atoms with Gasteiger partial charge < -0.3 is 4.57 Å². The zero-order valence-electron chi connectivity index (χ0n) is 16.4. The van der Waals surface area contributed by atoms with E-state index in [9.17, 15) is 0 Å². The molecule has 2 aromatic carbocycles. The quantitative estimate of drug-likeness (QED) is 0.344. The number of pyridine rings is 1. The molecule has 3 heteroatoms. The van der Waals surface area contributed by atoms with Gasteiger partial charge in [0, 0.05) is 47.6 Å². The van der Waals surface area contributed by atoms with Crippen molar-refractivity contribution in [1.82, 2.24) is 4.57 Å².